The number of hydrogen-bond donors (Lipinski definition) is 1. The summed E-state index contributed by atoms with van der Waals surface area (Å²) in [5, 5.41) is 14.4. The van der Waals surface area contributed by atoms with Crippen LogP contribution < -0.4 is 0 Å². The fourth-order valence-electron chi connectivity index (χ4n) is 3.39. The molecule has 0 bridgehead atoms. The summed E-state index contributed by atoms with van der Waals surface area (Å²) >= 11 is 0. The second-order valence-corrected chi connectivity index (χ2v) is 7.12. The van der Waals surface area contributed by atoms with Crippen molar-refractivity contribution in [1.82, 2.24) is 15.0 Å². The van der Waals surface area contributed by atoms with Gasteiger partial charge >= 0.3 is 0 Å². The van der Waals surface area contributed by atoms with E-state index in [0.29, 0.717) is 25.6 Å². The molecule has 0 unspecified atom stereocenters. The smallest absolute Gasteiger partial charge is 0.229 e. The Morgan fingerprint density at radius 3 is 2.92 bits per heavy atom. The van der Waals surface area contributed by atoms with Crippen LogP contribution in [0.1, 0.15) is 63.2 Å². The summed E-state index contributed by atoms with van der Waals surface area (Å²) in [7, 11) is 0. The fourth-order valence-corrected chi connectivity index (χ4v) is 3.39. The van der Waals surface area contributed by atoms with E-state index < -0.39 is 6.10 Å². The average Bonchev–Trinajstić information content (AvgIpc) is 3.28. The van der Waals surface area contributed by atoms with Gasteiger partial charge in [-0.05, 0) is 32.2 Å². The molecule has 0 aromatic carbocycles. The summed E-state index contributed by atoms with van der Waals surface area (Å²) in [6.45, 7) is 7.34. The van der Waals surface area contributed by atoms with Crippen LogP contribution in [0.15, 0.2) is 4.52 Å². The van der Waals surface area contributed by atoms with E-state index in [4.69, 9.17) is 14.0 Å². The molecule has 0 spiro atoms. The van der Waals surface area contributed by atoms with E-state index >= 15 is 0 Å². The van der Waals surface area contributed by atoms with Crippen molar-refractivity contribution in [3.63, 3.8) is 0 Å². The quantitative estimate of drug-likeness (QED) is 0.774. The van der Waals surface area contributed by atoms with Gasteiger partial charge in [0.1, 0.15) is 0 Å². The molecule has 2 aliphatic heterocycles. The van der Waals surface area contributed by atoms with Crippen molar-refractivity contribution in [2.45, 2.75) is 63.7 Å². The van der Waals surface area contributed by atoms with Crippen molar-refractivity contribution in [3.05, 3.63) is 11.7 Å². The van der Waals surface area contributed by atoms with Gasteiger partial charge in [-0.3, -0.25) is 4.90 Å². The molecule has 2 aliphatic rings. The minimum atomic E-state index is -0.511. The van der Waals surface area contributed by atoms with Gasteiger partial charge in [0, 0.05) is 19.1 Å². The highest BCUT2D eigenvalue weighted by atomic mass is 16.5. The van der Waals surface area contributed by atoms with Crippen LogP contribution in [0.3, 0.4) is 0 Å². The molecule has 3 atom stereocenters. The maximum Gasteiger partial charge on any atom is 0.229 e. The number of likely N-dealkylation sites (tertiary alicyclic amines) is 1. The monoisotopic (exact) mass is 339 g/mol. The highest BCUT2D eigenvalue weighted by Crippen LogP contribution is 2.30. The summed E-state index contributed by atoms with van der Waals surface area (Å²) in [5.41, 5.74) is 0. The standard InChI is InChI=1S/C17H29N3O4/c1-12(2)17-18-16(19-24-17)15-6-3-7-20(15)9-13(21)10-22-11-14-5-4-8-23-14/h12-15,21H,3-11H2,1-2H3/t13-,14-,15+/m1/s1. The average molecular weight is 339 g/mol. The molecule has 7 heteroatoms. The van der Waals surface area contributed by atoms with Crippen molar-refractivity contribution >= 4 is 0 Å². The van der Waals surface area contributed by atoms with Crippen LogP contribution in [0.25, 0.3) is 0 Å². The molecule has 0 radical (unpaired) electrons. The third-order valence-corrected chi connectivity index (χ3v) is 4.70. The van der Waals surface area contributed by atoms with E-state index in [9.17, 15) is 5.11 Å². The molecular formula is C17H29N3O4. The molecule has 3 rings (SSSR count). The molecule has 1 N–H and O–H groups in total. The number of hydrogen-bond acceptors (Lipinski definition) is 7. The van der Waals surface area contributed by atoms with Gasteiger partial charge in [-0.2, -0.15) is 4.98 Å². The molecule has 2 saturated heterocycles. The number of aliphatic hydroxyl groups is 1. The van der Waals surface area contributed by atoms with Crippen molar-refractivity contribution in [2.24, 2.45) is 0 Å². The van der Waals surface area contributed by atoms with Crippen molar-refractivity contribution in [3.8, 4) is 0 Å². The lowest BCUT2D eigenvalue weighted by atomic mass is 10.2. The summed E-state index contributed by atoms with van der Waals surface area (Å²) in [6, 6.07) is 0.133. The van der Waals surface area contributed by atoms with E-state index in [0.717, 1.165) is 44.7 Å². The first-order chi connectivity index (χ1) is 11.6. The van der Waals surface area contributed by atoms with Gasteiger partial charge in [-0.1, -0.05) is 19.0 Å². The molecule has 136 valence electrons. The predicted octanol–water partition coefficient (Wildman–Crippen LogP) is 1.89. The van der Waals surface area contributed by atoms with Crippen LogP contribution in [-0.2, 0) is 9.47 Å². The summed E-state index contributed by atoms with van der Waals surface area (Å²) in [4.78, 5) is 6.75. The second-order valence-electron chi connectivity index (χ2n) is 7.12. The predicted molar refractivity (Wildman–Crippen MR) is 87.7 cm³/mol. The number of aliphatic hydroxyl groups excluding tert-OH is 1. The Labute approximate surface area is 143 Å². The molecule has 7 nitrogen and oxygen atoms in total. The number of rotatable bonds is 8. The van der Waals surface area contributed by atoms with E-state index in [1.165, 1.54) is 0 Å². The van der Waals surface area contributed by atoms with Crippen molar-refractivity contribution < 1.29 is 19.1 Å². The van der Waals surface area contributed by atoms with Gasteiger partial charge in [0.15, 0.2) is 5.82 Å². The first-order valence-corrected chi connectivity index (χ1v) is 9.08. The molecular weight excluding hydrogens is 310 g/mol. The van der Waals surface area contributed by atoms with Crippen molar-refractivity contribution in [2.75, 3.05) is 32.9 Å². The first kappa shape index (κ1) is 17.8. The Balaban J connectivity index is 1.45. The number of β-amino-alcohol motifs (C(OH)–C–C–N with tert-alkyl or cyclic N) is 1. The topological polar surface area (TPSA) is 80.9 Å². The zero-order chi connectivity index (χ0) is 16.9. The van der Waals surface area contributed by atoms with Crippen molar-refractivity contribution in [1.29, 1.82) is 0 Å². The van der Waals surface area contributed by atoms with Crippen LogP contribution in [0.5, 0.6) is 0 Å². The summed E-state index contributed by atoms with van der Waals surface area (Å²) < 4.78 is 16.5. The maximum absolute atomic E-state index is 10.3. The van der Waals surface area contributed by atoms with E-state index in [2.05, 4.69) is 15.0 Å². The first-order valence-electron chi connectivity index (χ1n) is 9.08. The summed E-state index contributed by atoms with van der Waals surface area (Å²) in [5.74, 6) is 1.65. The fraction of sp³-hybridized carbons (Fsp3) is 0.882. The lowest BCUT2D eigenvalue weighted by Gasteiger charge is -2.24. The van der Waals surface area contributed by atoms with E-state index in [-0.39, 0.29) is 18.1 Å². The van der Waals surface area contributed by atoms with Crippen LogP contribution in [0.2, 0.25) is 0 Å². The molecule has 1 aromatic rings. The highest BCUT2D eigenvalue weighted by Gasteiger charge is 2.31. The molecule has 3 heterocycles. The minimum absolute atomic E-state index is 0.133. The Morgan fingerprint density at radius 1 is 1.33 bits per heavy atom. The zero-order valence-electron chi connectivity index (χ0n) is 14.7. The lowest BCUT2D eigenvalue weighted by Crippen LogP contribution is -2.35. The Hall–Kier alpha value is -1.02. The SMILES string of the molecule is CC(C)c1nc([C@@H]2CCCN2C[C@@H](O)COC[C@H]2CCCO2)no1. The largest absolute Gasteiger partial charge is 0.389 e. The molecule has 0 amide bonds. The molecule has 24 heavy (non-hydrogen) atoms. The van der Waals surface area contributed by atoms with Crippen LogP contribution in [-0.4, -0.2) is 65.3 Å². The van der Waals surface area contributed by atoms with E-state index in [1.54, 1.807) is 0 Å². The highest BCUT2D eigenvalue weighted by molar-refractivity contribution is 5.00. The van der Waals surface area contributed by atoms with Gasteiger partial charge in [0.2, 0.25) is 5.89 Å². The van der Waals surface area contributed by atoms with Gasteiger partial charge < -0.3 is 19.1 Å². The Morgan fingerprint density at radius 2 is 2.21 bits per heavy atom. The maximum atomic E-state index is 10.3. The van der Waals surface area contributed by atoms with Crippen LogP contribution in [0, 0.1) is 0 Å². The Bertz CT molecular complexity index is 502. The third-order valence-electron chi connectivity index (χ3n) is 4.70. The molecule has 0 aliphatic carbocycles. The molecule has 1 aromatic heterocycles. The Kier molecular flexibility index (Phi) is 6.21. The minimum Gasteiger partial charge on any atom is -0.389 e. The number of nitrogens with zero attached hydrogens (tertiary/aromatic N) is 3. The lowest BCUT2D eigenvalue weighted by molar-refractivity contribution is -0.0264. The van der Waals surface area contributed by atoms with Gasteiger partial charge in [-0.25, -0.2) is 0 Å². The van der Waals surface area contributed by atoms with Gasteiger partial charge in [-0.15, -0.1) is 0 Å². The number of aromatic nitrogens is 2. The normalized spacial score (nSPS) is 26.5. The van der Waals surface area contributed by atoms with Gasteiger partial charge in [0.25, 0.3) is 0 Å². The van der Waals surface area contributed by atoms with Crippen LogP contribution >= 0.6 is 0 Å². The van der Waals surface area contributed by atoms with E-state index in [1.807, 2.05) is 13.8 Å². The second kappa shape index (κ2) is 8.38. The summed E-state index contributed by atoms with van der Waals surface area (Å²) in [6.07, 6.45) is 3.93. The molecule has 2 fully saturated rings. The number of ether oxygens (including phenoxy) is 2. The van der Waals surface area contributed by atoms with Crippen LogP contribution in [0.4, 0.5) is 0 Å². The zero-order valence-corrected chi connectivity index (χ0v) is 14.7. The third kappa shape index (κ3) is 4.53. The van der Waals surface area contributed by atoms with Gasteiger partial charge in [0.05, 0.1) is 31.5 Å². The molecule has 0 saturated carbocycles.